The monoisotopic (exact) mass is 231 g/mol. The molecule has 0 amide bonds. The van der Waals surface area contributed by atoms with Crippen LogP contribution in [0.4, 0.5) is 0 Å². The van der Waals surface area contributed by atoms with Gasteiger partial charge in [0, 0.05) is 0 Å². The molecule has 2 unspecified atom stereocenters. The zero-order chi connectivity index (χ0) is 12.0. The van der Waals surface area contributed by atoms with E-state index < -0.39 is 5.97 Å². The van der Waals surface area contributed by atoms with Gasteiger partial charge >= 0.3 is 5.97 Å². The average molecular weight is 231 g/mol. The summed E-state index contributed by atoms with van der Waals surface area (Å²) in [6.45, 7) is 2.16. The molecule has 1 aliphatic rings. The molecule has 0 radical (unpaired) electrons. The number of hydrogen-bond acceptors (Lipinski definition) is 3. The van der Waals surface area contributed by atoms with Gasteiger partial charge in [-0.25, -0.2) is 9.48 Å². The van der Waals surface area contributed by atoms with E-state index in [0.29, 0.717) is 12.0 Å². The predicted octanol–water partition coefficient (Wildman–Crippen LogP) is 2.10. The molecule has 0 spiro atoms. The molecule has 2 atom stereocenters. The van der Waals surface area contributed by atoms with Crippen LogP contribution in [-0.4, -0.2) is 26.1 Å². The number of fused-ring (bicyclic) bond motifs is 1. The molecular formula is C12H13N3O2. The summed E-state index contributed by atoms with van der Waals surface area (Å²) in [5.41, 5.74) is 1.87. The van der Waals surface area contributed by atoms with E-state index in [0.717, 1.165) is 23.9 Å². The first-order chi connectivity index (χ1) is 8.20. The average Bonchev–Trinajstić information content (AvgIpc) is 2.99. The first kappa shape index (κ1) is 10.3. The highest BCUT2D eigenvalue weighted by atomic mass is 16.4. The van der Waals surface area contributed by atoms with Crippen LogP contribution in [0.2, 0.25) is 0 Å². The van der Waals surface area contributed by atoms with E-state index in [1.165, 1.54) is 0 Å². The van der Waals surface area contributed by atoms with Crippen LogP contribution < -0.4 is 0 Å². The van der Waals surface area contributed by atoms with Gasteiger partial charge in [0.2, 0.25) is 0 Å². The Labute approximate surface area is 98.0 Å². The molecule has 1 aliphatic carbocycles. The van der Waals surface area contributed by atoms with E-state index in [1.807, 2.05) is 4.68 Å². The number of benzene rings is 1. The molecule has 2 aromatic rings. The minimum Gasteiger partial charge on any atom is -0.478 e. The lowest BCUT2D eigenvalue weighted by Crippen LogP contribution is -2.00. The molecule has 0 aliphatic heterocycles. The smallest absolute Gasteiger partial charge is 0.335 e. The van der Waals surface area contributed by atoms with Crippen molar-refractivity contribution in [2.45, 2.75) is 25.8 Å². The first-order valence-electron chi connectivity index (χ1n) is 5.79. The summed E-state index contributed by atoms with van der Waals surface area (Å²) < 4.78 is 1.87. The Morgan fingerprint density at radius 2 is 2.41 bits per heavy atom. The number of hydrogen-bond donors (Lipinski definition) is 1. The van der Waals surface area contributed by atoms with Crippen LogP contribution >= 0.6 is 0 Å². The van der Waals surface area contributed by atoms with Crippen molar-refractivity contribution in [2.75, 3.05) is 0 Å². The van der Waals surface area contributed by atoms with Crippen molar-refractivity contribution < 1.29 is 9.90 Å². The van der Waals surface area contributed by atoms with Crippen LogP contribution in [0.3, 0.4) is 0 Å². The largest absolute Gasteiger partial charge is 0.478 e. The van der Waals surface area contributed by atoms with Crippen LogP contribution in [0.1, 0.15) is 36.2 Å². The normalized spacial score (nSPS) is 22.9. The topological polar surface area (TPSA) is 68.0 Å². The van der Waals surface area contributed by atoms with Gasteiger partial charge in [-0.05, 0) is 30.5 Å². The number of aromatic nitrogens is 3. The molecule has 1 fully saturated rings. The molecule has 3 rings (SSSR count). The van der Waals surface area contributed by atoms with Crippen molar-refractivity contribution >= 4 is 17.0 Å². The van der Waals surface area contributed by atoms with Crippen molar-refractivity contribution in [3.8, 4) is 0 Å². The molecule has 1 saturated carbocycles. The summed E-state index contributed by atoms with van der Waals surface area (Å²) in [5.74, 6) is -0.254. The van der Waals surface area contributed by atoms with E-state index in [9.17, 15) is 4.79 Å². The molecule has 88 valence electrons. The lowest BCUT2D eigenvalue weighted by atomic mass is 10.2. The van der Waals surface area contributed by atoms with Gasteiger partial charge in [0.1, 0.15) is 5.52 Å². The second kappa shape index (κ2) is 3.55. The highest BCUT2D eigenvalue weighted by Gasteiger charge is 2.38. The van der Waals surface area contributed by atoms with Gasteiger partial charge in [-0.1, -0.05) is 18.6 Å². The summed E-state index contributed by atoms with van der Waals surface area (Å²) in [4.78, 5) is 10.9. The summed E-state index contributed by atoms with van der Waals surface area (Å²) in [6, 6.07) is 5.33. The van der Waals surface area contributed by atoms with Gasteiger partial charge in [0.25, 0.3) is 0 Å². The molecular weight excluding hydrogens is 218 g/mol. The Balaban J connectivity index is 2.07. The van der Waals surface area contributed by atoms with E-state index >= 15 is 0 Å². The number of rotatable bonds is 3. The molecule has 17 heavy (non-hydrogen) atoms. The van der Waals surface area contributed by atoms with Crippen molar-refractivity contribution in [1.29, 1.82) is 0 Å². The van der Waals surface area contributed by atoms with E-state index in [1.54, 1.807) is 18.2 Å². The summed E-state index contributed by atoms with van der Waals surface area (Å²) in [6.07, 6.45) is 2.25. The Bertz CT molecular complexity index is 590. The van der Waals surface area contributed by atoms with E-state index in [2.05, 4.69) is 17.2 Å². The van der Waals surface area contributed by atoms with Gasteiger partial charge < -0.3 is 5.11 Å². The van der Waals surface area contributed by atoms with Crippen LogP contribution in [0, 0.1) is 5.92 Å². The standard InChI is InChI=1S/C12H13N3O2/c1-2-7-5-10(7)15-11-6-8(12(16)17)3-4-9(11)13-14-15/h3-4,6-7,10H,2,5H2,1H3,(H,16,17). The Morgan fingerprint density at radius 3 is 3.06 bits per heavy atom. The van der Waals surface area contributed by atoms with Crippen LogP contribution in [0.15, 0.2) is 18.2 Å². The summed E-state index contributed by atoms with van der Waals surface area (Å²) >= 11 is 0. The maximum Gasteiger partial charge on any atom is 0.335 e. The number of nitrogens with zero attached hydrogens (tertiary/aromatic N) is 3. The number of carboxylic acid groups (broad SMARTS) is 1. The lowest BCUT2D eigenvalue weighted by molar-refractivity contribution is 0.0697. The van der Waals surface area contributed by atoms with Gasteiger partial charge in [0.15, 0.2) is 0 Å². The predicted molar refractivity (Wildman–Crippen MR) is 61.9 cm³/mol. The SMILES string of the molecule is CCC1CC1n1nnc2ccc(C(=O)O)cc21. The molecule has 1 aromatic carbocycles. The molecule has 0 saturated heterocycles. The van der Waals surface area contributed by atoms with Gasteiger partial charge in [-0.3, -0.25) is 0 Å². The highest BCUT2D eigenvalue weighted by Crippen LogP contribution is 2.46. The fourth-order valence-corrected chi connectivity index (χ4v) is 2.28. The minimum absolute atomic E-state index is 0.287. The summed E-state index contributed by atoms with van der Waals surface area (Å²) in [5, 5.41) is 17.2. The van der Waals surface area contributed by atoms with E-state index in [4.69, 9.17) is 5.11 Å². The maximum atomic E-state index is 10.9. The molecule has 1 aromatic heterocycles. The lowest BCUT2D eigenvalue weighted by Gasteiger charge is -2.00. The van der Waals surface area contributed by atoms with Gasteiger partial charge in [-0.2, -0.15) is 0 Å². The Morgan fingerprint density at radius 1 is 1.59 bits per heavy atom. The first-order valence-corrected chi connectivity index (χ1v) is 5.79. The van der Waals surface area contributed by atoms with Gasteiger partial charge in [0.05, 0.1) is 17.1 Å². The molecule has 5 nitrogen and oxygen atoms in total. The molecule has 0 bridgehead atoms. The molecule has 1 heterocycles. The Hall–Kier alpha value is -1.91. The highest BCUT2D eigenvalue weighted by molar-refractivity contribution is 5.92. The van der Waals surface area contributed by atoms with Gasteiger partial charge in [-0.15, -0.1) is 5.10 Å². The maximum absolute atomic E-state index is 10.9. The summed E-state index contributed by atoms with van der Waals surface area (Å²) in [7, 11) is 0. The second-order valence-corrected chi connectivity index (χ2v) is 4.51. The number of aromatic carboxylic acids is 1. The molecule has 5 heteroatoms. The van der Waals surface area contributed by atoms with Crippen LogP contribution in [0.5, 0.6) is 0 Å². The third kappa shape index (κ3) is 1.58. The zero-order valence-corrected chi connectivity index (χ0v) is 9.50. The van der Waals surface area contributed by atoms with Crippen LogP contribution in [-0.2, 0) is 0 Å². The Kier molecular flexibility index (Phi) is 2.14. The van der Waals surface area contributed by atoms with Crippen molar-refractivity contribution in [3.63, 3.8) is 0 Å². The third-order valence-corrected chi connectivity index (χ3v) is 3.44. The molecule has 1 N–H and O–H groups in total. The quantitative estimate of drug-likeness (QED) is 0.878. The second-order valence-electron chi connectivity index (χ2n) is 4.51. The fraction of sp³-hybridized carbons (Fsp3) is 0.417. The number of carboxylic acids is 1. The van der Waals surface area contributed by atoms with E-state index in [-0.39, 0.29) is 5.56 Å². The zero-order valence-electron chi connectivity index (χ0n) is 9.50. The third-order valence-electron chi connectivity index (χ3n) is 3.44. The van der Waals surface area contributed by atoms with Crippen molar-refractivity contribution in [2.24, 2.45) is 5.92 Å². The fourth-order valence-electron chi connectivity index (χ4n) is 2.28. The number of carbonyl (C=O) groups is 1. The minimum atomic E-state index is -0.914. The van der Waals surface area contributed by atoms with Crippen LogP contribution in [0.25, 0.3) is 11.0 Å². The van der Waals surface area contributed by atoms with Crippen molar-refractivity contribution in [3.05, 3.63) is 23.8 Å². The van der Waals surface area contributed by atoms with Crippen molar-refractivity contribution in [1.82, 2.24) is 15.0 Å².